The summed E-state index contributed by atoms with van der Waals surface area (Å²) in [7, 11) is 0. The van der Waals surface area contributed by atoms with E-state index in [1.54, 1.807) is 4.90 Å². The van der Waals surface area contributed by atoms with E-state index in [4.69, 9.17) is 0 Å². The standard InChI is InChI=1S/C24H26BrN3O2S/c1-2-27-12-6-9-19(27)15-26-23(29)16-28-20-10-3-4-11-21(20)31-22(24(28)30)14-17-7-5-8-18(25)13-17/h3-5,7-8,10-11,13-14,19H,2,6,9,12,15-16H2,1H3,(H,26,29)/b22-14+. The number of nitrogens with zero attached hydrogens (tertiary/aromatic N) is 2. The molecule has 2 aromatic rings. The van der Waals surface area contributed by atoms with Gasteiger partial charge in [0.15, 0.2) is 0 Å². The Labute approximate surface area is 196 Å². The average molecular weight is 500 g/mol. The molecule has 0 bridgehead atoms. The molecule has 0 aliphatic carbocycles. The maximum atomic E-state index is 13.3. The highest BCUT2D eigenvalue weighted by atomic mass is 79.9. The van der Waals surface area contributed by atoms with Crippen molar-refractivity contribution in [3.63, 3.8) is 0 Å². The van der Waals surface area contributed by atoms with Crippen molar-refractivity contribution >= 4 is 51.3 Å². The first-order chi connectivity index (χ1) is 15.0. The van der Waals surface area contributed by atoms with Crippen LogP contribution in [-0.2, 0) is 9.59 Å². The number of benzene rings is 2. The molecule has 162 valence electrons. The highest BCUT2D eigenvalue weighted by molar-refractivity contribution is 9.10. The van der Waals surface area contributed by atoms with Crippen LogP contribution >= 0.6 is 27.7 Å². The van der Waals surface area contributed by atoms with Gasteiger partial charge in [-0.15, -0.1) is 0 Å². The van der Waals surface area contributed by atoms with Crippen LogP contribution in [0.2, 0.25) is 0 Å². The molecule has 2 aromatic carbocycles. The normalized spacial score (nSPS) is 20.2. The van der Waals surface area contributed by atoms with Crippen LogP contribution in [0.15, 0.2) is 62.8 Å². The number of carbonyl (C=O) groups excluding carboxylic acids is 2. The highest BCUT2D eigenvalue weighted by Gasteiger charge is 2.31. The Balaban J connectivity index is 1.51. The number of likely N-dealkylation sites (tertiary alicyclic amines) is 1. The highest BCUT2D eigenvalue weighted by Crippen LogP contribution is 2.42. The Morgan fingerprint density at radius 1 is 1.26 bits per heavy atom. The minimum absolute atomic E-state index is 0.0189. The van der Waals surface area contributed by atoms with Crippen LogP contribution in [0.5, 0.6) is 0 Å². The number of fused-ring (bicyclic) bond motifs is 1. The van der Waals surface area contributed by atoms with Crippen LogP contribution in [-0.4, -0.2) is 48.9 Å². The van der Waals surface area contributed by atoms with Crippen molar-refractivity contribution in [1.29, 1.82) is 0 Å². The van der Waals surface area contributed by atoms with Gasteiger partial charge in [0, 0.05) is 22.0 Å². The number of likely N-dealkylation sites (N-methyl/N-ethyl adjacent to an activating group) is 1. The smallest absolute Gasteiger partial charge is 0.265 e. The first-order valence-corrected chi connectivity index (χ1v) is 12.2. The summed E-state index contributed by atoms with van der Waals surface area (Å²) in [6.07, 6.45) is 4.17. The zero-order valence-corrected chi connectivity index (χ0v) is 19.9. The van der Waals surface area contributed by atoms with Crippen LogP contribution in [0.1, 0.15) is 25.3 Å². The van der Waals surface area contributed by atoms with E-state index < -0.39 is 0 Å². The second-order valence-electron chi connectivity index (χ2n) is 7.75. The summed E-state index contributed by atoms with van der Waals surface area (Å²) in [4.78, 5) is 31.7. The fraction of sp³-hybridized carbons (Fsp3) is 0.333. The molecule has 0 spiro atoms. The molecule has 2 aliphatic heterocycles. The van der Waals surface area contributed by atoms with E-state index in [1.165, 1.54) is 18.2 Å². The summed E-state index contributed by atoms with van der Waals surface area (Å²) in [6.45, 7) is 4.90. The lowest BCUT2D eigenvalue weighted by Crippen LogP contribution is -2.46. The first-order valence-electron chi connectivity index (χ1n) is 10.6. The molecule has 2 aliphatic rings. The zero-order chi connectivity index (χ0) is 21.8. The maximum absolute atomic E-state index is 13.3. The molecule has 1 atom stereocenters. The summed E-state index contributed by atoms with van der Waals surface area (Å²) in [5.41, 5.74) is 1.73. The fourth-order valence-electron chi connectivity index (χ4n) is 4.14. The van der Waals surface area contributed by atoms with E-state index in [1.807, 2.05) is 54.6 Å². The van der Waals surface area contributed by atoms with Gasteiger partial charge in [-0.1, -0.05) is 58.9 Å². The Morgan fingerprint density at radius 3 is 2.90 bits per heavy atom. The van der Waals surface area contributed by atoms with Gasteiger partial charge in [0.2, 0.25) is 5.91 Å². The van der Waals surface area contributed by atoms with E-state index >= 15 is 0 Å². The maximum Gasteiger partial charge on any atom is 0.265 e. The number of carbonyl (C=O) groups is 2. The number of para-hydroxylation sites is 1. The number of anilines is 1. The summed E-state index contributed by atoms with van der Waals surface area (Å²) >= 11 is 4.93. The summed E-state index contributed by atoms with van der Waals surface area (Å²) in [5.74, 6) is -0.269. The predicted molar refractivity (Wildman–Crippen MR) is 130 cm³/mol. The molecule has 0 saturated carbocycles. The van der Waals surface area contributed by atoms with Gasteiger partial charge < -0.3 is 5.32 Å². The molecule has 5 nitrogen and oxygen atoms in total. The van der Waals surface area contributed by atoms with E-state index in [9.17, 15) is 9.59 Å². The van der Waals surface area contributed by atoms with Gasteiger partial charge in [-0.2, -0.15) is 0 Å². The van der Waals surface area contributed by atoms with Crippen molar-refractivity contribution in [2.24, 2.45) is 0 Å². The summed E-state index contributed by atoms with van der Waals surface area (Å²) in [6, 6.07) is 16.0. The number of rotatable bonds is 6. The number of hydrogen-bond donors (Lipinski definition) is 1. The van der Waals surface area contributed by atoms with Crippen molar-refractivity contribution in [3.05, 3.63) is 63.5 Å². The zero-order valence-electron chi connectivity index (χ0n) is 17.5. The van der Waals surface area contributed by atoms with Gasteiger partial charge >= 0.3 is 0 Å². The second kappa shape index (κ2) is 10.0. The Bertz CT molecular complexity index is 1010. The molecule has 1 saturated heterocycles. The van der Waals surface area contributed by atoms with E-state index in [0.717, 1.165) is 40.1 Å². The van der Waals surface area contributed by atoms with Crippen LogP contribution in [0.3, 0.4) is 0 Å². The Kier molecular flexibility index (Phi) is 7.15. The van der Waals surface area contributed by atoms with Crippen molar-refractivity contribution < 1.29 is 9.59 Å². The fourth-order valence-corrected chi connectivity index (χ4v) is 5.62. The van der Waals surface area contributed by atoms with Crippen molar-refractivity contribution in [2.45, 2.75) is 30.7 Å². The quantitative estimate of drug-likeness (QED) is 0.593. The lowest BCUT2D eigenvalue weighted by Gasteiger charge is -2.30. The molecule has 31 heavy (non-hydrogen) atoms. The third-order valence-electron chi connectivity index (χ3n) is 5.72. The van der Waals surface area contributed by atoms with E-state index in [-0.39, 0.29) is 18.4 Å². The lowest BCUT2D eigenvalue weighted by molar-refractivity contribution is -0.122. The molecule has 4 rings (SSSR count). The molecule has 1 N–H and O–H groups in total. The molecule has 2 amide bonds. The predicted octanol–water partition coefficient (Wildman–Crippen LogP) is 4.53. The third kappa shape index (κ3) is 5.22. The minimum Gasteiger partial charge on any atom is -0.353 e. The number of amides is 2. The van der Waals surface area contributed by atoms with Gasteiger partial charge in [-0.05, 0) is 61.8 Å². The molecule has 0 aromatic heterocycles. The number of halogens is 1. The van der Waals surface area contributed by atoms with Gasteiger partial charge in [0.1, 0.15) is 6.54 Å². The molecule has 0 radical (unpaired) electrons. The summed E-state index contributed by atoms with van der Waals surface area (Å²) < 4.78 is 0.958. The van der Waals surface area contributed by atoms with Crippen LogP contribution in [0.25, 0.3) is 6.08 Å². The number of thioether (sulfide) groups is 1. The van der Waals surface area contributed by atoms with Gasteiger partial charge in [-0.25, -0.2) is 0 Å². The second-order valence-corrected chi connectivity index (χ2v) is 9.75. The van der Waals surface area contributed by atoms with E-state index in [2.05, 4.69) is 33.1 Å². The van der Waals surface area contributed by atoms with Gasteiger partial charge in [0.25, 0.3) is 5.91 Å². The Morgan fingerprint density at radius 2 is 2.10 bits per heavy atom. The minimum atomic E-state index is -0.144. The molecule has 7 heteroatoms. The third-order valence-corrected chi connectivity index (χ3v) is 7.29. The molecular formula is C24H26BrN3O2S. The van der Waals surface area contributed by atoms with Crippen LogP contribution in [0.4, 0.5) is 5.69 Å². The molecule has 1 fully saturated rings. The van der Waals surface area contributed by atoms with Crippen LogP contribution in [0, 0.1) is 0 Å². The van der Waals surface area contributed by atoms with Crippen molar-refractivity contribution in [2.75, 3.05) is 31.1 Å². The average Bonchev–Trinajstić information content (AvgIpc) is 3.23. The van der Waals surface area contributed by atoms with Gasteiger partial charge in [-0.3, -0.25) is 19.4 Å². The monoisotopic (exact) mass is 499 g/mol. The Hall–Kier alpha value is -2.09. The van der Waals surface area contributed by atoms with E-state index in [0.29, 0.717) is 17.5 Å². The molecule has 2 heterocycles. The van der Waals surface area contributed by atoms with Crippen LogP contribution < -0.4 is 10.2 Å². The number of hydrogen-bond acceptors (Lipinski definition) is 4. The van der Waals surface area contributed by atoms with Gasteiger partial charge in [0.05, 0.1) is 10.6 Å². The first kappa shape index (κ1) is 22.1. The summed E-state index contributed by atoms with van der Waals surface area (Å²) in [5, 5.41) is 3.05. The van der Waals surface area contributed by atoms with Crippen molar-refractivity contribution in [3.8, 4) is 0 Å². The molecular weight excluding hydrogens is 474 g/mol. The topological polar surface area (TPSA) is 52.7 Å². The SMILES string of the molecule is CCN1CCCC1CNC(=O)CN1C(=O)/C(=C\c2cccc(Br)c2)Sc2ccccc21. The lowest BCUT2D eigenvalue weighted by atomic mass is 10.2. The number of nitrogens with one attached hydrogen (secondary N) is 1. The van der Waals surface area contributed by atoms with Crippen molar-refractivity contribution in [1.82, 2.24) is 10.2 Å². The largest absolute Gasteiger partial charge is 0.353 e. The molecule has 1 unspecified atom stereocenters.